The van der Waals surface area contributed by atoms with Crippen molar-refractivity contribution >= 4 is 17.5 Å². The van der Waals surface area contributed by atoms with Crippen LogP contribution < -0.4 is 4.90 Å². The summed E-state index contributed by atoms with van der Waals surface area (Å²) in [7, 11) is 2.17. The SMILES string of the molecule is CN1C[C@H]2COC[C@@H]1CN(c1ncc(Cl)cn1)C2. The largest absolute Gasteiger partial charge is 0.379 e. The van der Waals surface area contributed by atoms with Crippen molar-refractivity contribution in [2.24, 2.45) is 5.92 Å². The van der Waals surface area contributed by atoms with Gasteiger partial charge in [0.15, 0.2) is 0 Å². The van der Waals surface area contributed by atoms with Crippen LogP contribution in [0.5, 0.6) is 0 Å². The number of halogens is 1. The van der Waals surface area contributed by atoms with E-state index in [0.717, 1.165) is 38.8 Å². The fraction of sp³-hybridized carbons (Fsp3) is 0.667. The lowest BCUT2D eigenvalue weighted by Crippen LogP contribution is -2.42. The van der Waals surface area contributed by atoms with Gasteiger partial charge in [-0.25, -0.2) is 9.97 Å². The summed E-state index contributed by atoms with van der Waals surface area (Å²) < 4.78 is 5.70. The Bertz CT molecular complexity index is 413. The number of hydrogen-bond acceptors (Lipinski definition) is 5. The Morgan fingerprint density at radius 1 is 1.22 bits per heavy atom. The molecule has 0 aliphatic carbocycles. The number of likely N-dealkylation sites (N-methyl/N-ethyl adjacent to an activating group) is 1. The van der Waals surface area contributed by atoms with E-state index in [1.165, 1.54) is 0 Å². The van der Waals surface area contributed by atoms with Gasteiger partial charge >= 0.3 is 0 Å². The van der Waals surface area contributed by atoms with Crippen molar-refractivity contribution in [3.63, 3.8) is 0 Å². The van der Waals surface area contributed by atoms with Crippen molar-refractivity contribution in [3.05, 3.63) is 17.4 Å². The molecule has 0 aromatic carbocycles. The van der Waals surface area contributed by atoms with E-state index in [-0.39, 0.29) is 0 Å². The smallest absolute Gasteiger partial charge is 0.225 e. The van der Waals surface area contributed by atoms with Crippen LogP contribution >= 0.6 is 11.6 Å². The molecule has 0 saturated carbocycles. The van der Waals surface area contributed by atoms with E-state index in [1.54, 1.807) is 12.4 Å². The highest BCUT2D eigenvalue weighted by Gasteiger charge is 2.32. The highest BCUT2D eigenvalue weighted by atomic mass is 35.5. The third-order valence-electron chi connectivity index (χ3n) is 3.63. The Kier molecular flexibility index (Phi) is 3.37. The Hall–Kier alpha value is -0.910. The third kappa shape index (κ3) is 2.43. The zero-order valence-corrected chi connectivity index (χ0v) is 11.2. The molecule has 5 nitrogen and oxygen atoms in total. The Labute approximate surface area is 112 Å². The summed E-state index contributed by atoms with van der Waals surface area (Å²) in [6, 6.07) is 0.414. The zero-order valence-electron chi connectivity index (χ0n) is 10.4. The van der Waals surface area contributed by atoms with Gasteiger partial charge in [-0.3, -0.25) is 4.90 Å². The predicted octanol–water partition coefficient (Wildman–Crippen LogP) is 0.897. The molecule has 3 heterocycles. The molecular formula is C12H17ClN4O. The number of rotatable bonds is 1. The Morgan fingerprint density at radius 2 is 2.00 bits per heavy atom. The zero-order chi connectivity index (χ0) is 12.5. The summed E-state index contributed by atoms with van der Waals surface area (Å²) in [6.45, 7) is 4.55. The van der Waals surface area contributed by atoms with Gasteiger partial charge in [-0.05, 0) is 7.05 Å². The first-order valence-corrected chi connectivity index (χ1v) is 6.60. The Balaban J connectivity index is 1.83. The fourth-order valence-corrected chi connectivity index (χ4v) is 2.78. The summed E-state index contributed by atoms with van der Waals surface area (Å²) >= 11 is 5.83. The summed E-state index contributed by atoms with van der Waals surface area (Å²) in [5, 5.41) is 0.578. The lowest BCUT2D eigenvalue weighted by atomic mass is 10.1. The van der Waals surface area contributed by atoms with Crippen LogP contribution in [0.1, 0.15) is 0 Å². The van der Waals surface area contributed by atoms with E-state index >= 15 is 0 Å². The molecule has 6 heteroatoms. The number of ether oxygens (including phenoxy) is 1. The highest BCUT2D eigenvalue weighted by Crippen LogP contribution is 2.21. The van der Waals surface area contributed by atoms with Crippen LogP contribution in [-0.2, 0) is 4.74 Å². The van der Waals surface area contributed by atoms with E-state index in [0.29, 0.717) is 17.0 Å². The average molecular weight is 269 g/mol. The van der Waals surface area contributed by atoms with Crippen LogP contribution in [0, 0.1) is 5.92 Å². The van der Waals surface area contributed by atoms with Crippen molar-refractivity contribution in [1.82, 2.24) is 14.9 Å². The van der Waals surface area contributed by atoms with E-state index in [9.17, 15) is 0 Å². The van der Waals surface area contributed by atoms with Gasteiger partial charge in [0.25, 0.3) is 0 Å². The quantitative estimate of drug-likeness (QED) is 0.757. The number of fused-ring (bicyclic) bond motifs is 3. The molecule has 2 atom stereocenters. The topological polar surface area (TPSA) is 41.5 Å². The van der Waals surface area contributed by atoms with E-state index in [4.69, 9.17) is 16.3 Å². The number of anilines is 1. The summed E-state index contributed by atoms with van der Waals surface area (Å²) in [5.74, 6) is 1.29. The molecule has 1 aromatic rings. The second-order valence-electron chi connectivity index (χ2n) is 5.10. The third-order valence-corrected chi connectivity index (χ3v) is 3.83. The summed E-state index contributed by atoms with van der Waals surface area (Å²) in [4.78, 5) is 13.3. The molecule has 2 aliphatic heterocycles. The maximum absolute atomic E-state index is 5.83. The maximum atomic E-state index is 5.83. The highest BCUT2D eigenvalue weighted by molar-refractivity contribution is 6.30. The molecule has 1 aromatic heterocycles. The van der Waals surface area contributed by atoms with E-state index in [2.05, 4.69) is 26.8 Å². The molecule has 0 amide bonds. The van der Waals surface area contributed by atoms with Crippen LogP contribution in [-0.4, -0.2) is 60.8 Å². The average Bonchev–Trinajstić information content (AvgIpc) is 2.58. The fourth-order valence-electron chi connectivity index (χ4n) is 2.68. The van der Waals surface area contributed by atoms with Gasteiger partial charge < -0.3 is 9.64 Å². The molecule has 0 unspecified atom stereocenters. The van der Waals surface area contributed by atoms with Crippen LogP contribution in [0.2, 0.25) is 5.02 Å². The molecular weight excluding hydrogens is 252 g/mol. The summed E-state index contributed by atoms with van der Waals surface area (Å²) in [6.07, 6.45) is 3.32. The Morgan fingerprint density at radius 3 is 2.78 bits per heavy atom. The monoisotopic (exact) mass is 268 g/mol. The molecule has 18 heavy (non-hydrogen) atoms. The summed E-state index contributed by atoms with van der Waals surface area (Å²) in [5.41, 5.74) is 0. The second-order valence-corrected chi connectivity index (χ2v) is 5.54. The second kappa shape index (κ2) is 4.99. The van der Waals surface area contributed by atoms with E-state index in [1.807, 2.05) is 0 Å². The lowest BCUT2D eigenvalue weighted by molar-refractivity contribution is 0.0928. The van der Waals surface area contributed by atoms with Gasteiger partial charge in [-0.1, -0.05) is 11.6 Å². The van der Waals surface area contributed by atoms with Crippen molar-refractivity contribution in [2.45, 2.75) is 6.04 Å². The van der Waals surface area contributed by atoms with Crippen LogP contribution in [0.3, 0.4) is 0 Å². The van der Waals surface area contributed by atoms with Crippen molar-refractivity contribution in [2.75, 3.05) is 44.8 Å². The van der Waals surface area contributed by atoms with Crippen molar-refractivity contribution in [1.29, 1.82) is 0 Å². The van der Waals surface area contributed by atoms with Gasteiger partial charge in [0.05, 0.1) is 36.7 Å². The molecule has 2 fully saturated rings. The minimum absolute atomic E-state index is 0.414. The van der Waals surface area contributed by atoms with Gasteiger partial charge in [-0.2, -0.15) is 0 Å². The molecule has 2 bridgehead atoms. The number of aromatic nitrogens is 2. The standard InChI is InChI=1S/C12H17ClN4O/c1-16-4-9-5-17(6-11(16)8-18-7-9)12-14-2-10(13)3-15-12/h2-3,9,11H,4-8H2,1H3/t9-,11+/m1/s1. The number of hydrogen-bond donors (Lipinski definition) is 0. The minimum Gasteiger partial charge on any atom is -0.379 e. The minimum atomic E-state index is 0.414. The molecule has 0 N–H and O–H groups in total. The first kappa shape index (κ1) is 12.1. The maximum Gasteiger partial charge on any atom is 0.225 e. The normalized spacial score (nSPS) is 29.1. The van der Waals surface area contributed by atoms with Gasteiger partial charge in [0, 0.05) is 25.6 Å². The molecule has 2 aliphatic rings. The molecule has 0 radical (unpaired) electrons. The van der Waals surface area contributed by atoms with Crippen molar-refractivity contribution in [3.8, 4) is 0 Å². The van der Waals surface area contributed by atoms with Gasteiger partial charge in [-0.15, -0.1) is 0 Å². The molecule has 2 saturated heterocycles. The first-order valence-electron chi connectivity index (χ1n) is 6.23. The molecule has 98 valence electrons. The predicted molar refractivity (Wildman–Crippen MR) is 70.0 cm³/mol. The molecule has 0 spiro atoms. The van der Waals surface area contributed by atoms with Gasteiger partial charge in [0.2, 0.25) is 5.95 Å². The number of nitrogens with zero attached hydrogens (tertiary/aromatic N) is 4. The van der Waals surface area contributed by atoms with Crippen LogP contribution in [0.4, 0.5) is 5.95 Å². The lowest BCUT2D eigenvalue weighted by Gasteiger charge is -2.29. The molecule has 3 rings (SSSR count). The van der Waals surface area contributed by atoms with Gasteiger partial charge in [0.1, 0.15) is 0 Å². The first-order chi connectivity index (χ1) is 8.72. The van der Waals surface area contributed by atoms with Crippen molar-refractivity contribution < 1.29 is 4.74 Å². The van der Waals surface area contributed by atoms with Crippen LogP contribution in [0.25, 0.3) is 0 Å². The van der Waals surface area contributed by atoms with Crippen LogP contribution in [0.15, 0.2) is 12.4 Å². The van der Waals surface area contributed by atoms with E-state index < -0.39 is 0 Å².